The number of carboxylic acid groups (broad SMARTS) is 1. The van der Waals surface area contributed by atoms with Gasteiger partial charge < -0.3 is 29.5 Å². The summed E-state index contributed by atoms with van der Waals surface area (Å²) in [5, 5.41) is 11.6. The molecule has 1 amide bonds. The van der Waals surface area contributed by atoms with Crippen molar-refractivity contribution >= 4 is 34.5 Å². The van der Waals surface area contributed by atoms with Crippen LogP contribution in [0.3, 0.4) is 0 Å². The zero-order chi connectivity index (χ0) is 29.3. The highest BCUT2D eigenvalue weighted by Gasteiger charge is 2.52. The number of aryl methyl sites for hydroxylation is 1. The van der Waals surface area contributed by atoms with Gasteiger partial charge in [0.05, 0.1) is 41.6 Å². The molecule has 1 aliphatic carbocycles. The molecule has 0 unspecified atom stereocenters. The van der Waals surface area contributed by atoms with Crippen LogP contribution in [0.4, 0.5) is 16.0 Å². The smallest absolute Gasteiger partial charge is 0.303 e. The van der Waals surface area contributed by atoms with Crippen LogP contribution in [0.5, 0.6) is 11.6 Å². The van der Waals surface area contributed by atoms with E-state index >= 15 is 4.39 Å². The largest absolute Gasteiger partial charge is 0.481 e. The minimum absolute atomic E-state index is 0.00982. The van der Waals surface area contributed by atoms with Crippen LogP contribution in [-0.2, 0) is 20.7 Å². The fourth-order valence-corrected chi connectivity index (χ4v) is 6.19. The van der Waals surface area contributed by atoms with Gasteiger partial charge in [0.1, 0.15) is 11.6 Å². The third-order valence-electron chi connectivity index (χ3n) is 8.86. The van der Waals surface area contributed by atoms with E-state index in [4.69, 9.17) is 19.3 Å². The molecule has 2 saturated heterocycles. The van der Waals surface area contributed by atoms with Gasteiger partial charge in [0.15, 0.2) is 18.2 Å². The Labute approximate surface area is 242 Å². The number of hydrogen-bond acceptors (Lipinski definition) is 9. The Balaban J connectivity index is 1.11. The molecular formula is C30H34FN5O6. The van der Waals surface area contributed by atoms with E-state index in [2.05, 4.69) is 25.2 Å². The van der Waals surface area contributed by atoms with Gasteiger partial charge in [0.25, 0.3) is 5.91 Å². The minimum Gasteiger partial charge on any atom is -0.481 e. The van der Waals surface area contributed by atoms with Crippen molar-refractivity contribution in [3.63, 3.8) is 0 Å². The lowest BCUT2D eigenvalue weighted by atomic mass is 9.68. The number of unbranched alkanes of at least 4 members (excludes halogenated alkanes) is 1. The molecule has 3 fully saturated rings. The quantitative estimate of drug-likeness (QED) is 0.317. The second-order valence-electron chi connectivity index (χ2n) is 11.4. The van der Waals surface area contributed by atoms with Gasteiger partial charge in [-0.15, -0.1) is 0 Å². The lowest BCUT2D eigenvalue weighted by Crippen LogP contribution is -2.62. The highest BCUT2D eigenvalue weighted by atomic mass is 19.1. The van der Waals surface area contributed by atoms with Crippen molar-refractivity contribution in [3.05, 3.63) is 41.8 Å². The second-order valence-corrected chi connectivity index (χ2v) is 11.4. The summed E-state index contributed by atoms with van der Waals surface area (Å²) in [7, 11) is 2.01. The van der Waals surface area contributed by atoms with E-state index in [1.165, 1.54) is 6.20 Å². The molecule has 0 radical (unpaired) electrons. The Morgan fingerprint density at radius 1 is 1.17 bits per heavy atom. The van der Waals surface area contributed by atoms with Crippen molar-refractivity contribution in [2.75, 3.05) is 37.1 Å². The summed E-state index contributed by atoms with van der Waals surface area (Å²) in [5.74, 6) is 0.648. The number of carbonyl (C=O) groups excluding carboxylic acids is 1. The fourth-order valence-electron chi connectivity index (χ4n) is 6.19. The first-order valence-corrected chi connectivity index (χ1v) is 14.4. The molecule has 3 aromatic heterocycles. The summed E-state index contributed by atoms with van der Waals surface area (Å²) in [6, 6.07) is 7.20. The molecule has 2 bridgehead atoms. The van der Waals surface area contributed by atoms with Crippen LogP contribution in [0, 0.1) is 5.82 Å². The van der Waals surface area contributed by atoms with Crippen LogP contribution in [0.1, 0.15) is 56.9 Å². The number of aliphatic carboxylic acids is 1. The molecule has 2 N–H and O–H groups in total. The van der Waals surface area contributed by atoms with Crippen molar-refractivity contribution < 1.29 is 33.3 Å². The third-order valence-corrected chi connectivity index (χ3v) is 8.86. The maximum Gasteiger partial charge on any atom is 0.303 e. The monoisotopic (exact) mass is 579 g/mol. The van der Waals surface area contributed by atoms with E-state index < -0.39 is 11.8 Å². The number of fused-ring (bicyclic) bond motifs is 5. The Kier molecular flexibility index (Phi) is 7.56. The Morgan fingerprint density at radius 3 is 2.76 bits per heavy atom. The van der Waals surface area contributed by atoms with Gasteiger partial charge in [0.2, 0.25) is 5.88 Å². The lowest BCUT2D eigenvalue weighted by Gasteiger charge is -2.56. The van der Waals surface area contributed by atoms with Gasteiger partial charge >= 0.3 is 5.97 Å². The number of ether oxygens (including phenoxy) is 3. The SMILES string of the molecule is CN(c1ccc2c(n1)NC(=O)CO2)C12CCC(CCc3c(F)cnc4ccc(OCCCCC(=O)O)nc34)(CC1)OC2. The molecule has 1 saturated carbocycles. The molecule has 7 rings (SSSR count). The molecule has 11 nitrogen and oxygen atoms in total. The van der Waals surface area contributed by atoms with Gasteiger partial charge in [0, 0.05) is 25.1 Å². The standard InChI is InChI=1S/C30H34FN5O6/c1-36(23-7-6-22-28(33-23)34-24(37)17-41-22)29-11-13-30(14-12-29,42-18-29)10-9-19-20(31)16-32-21-5-8-25(35-27(19)21)40-15-3-2-4-26(38)39/h5-8,16H,2-4,9-15,17-18H2,1H3,(H,38,39)(H,33,34,37). The predicted molar refractivity (Wildman–Crippen MR) is 151 cm³/mol. The molecule has 6 heterocycles. The van der Waals surface area contributed by atoms with E-state index in [1.54, 1.807) is 12.1 Å². The van der Waals surface area contributed by atoms with Crippen molar-refractivity contribution in [3.8, 4) is 11.6 Å². The molecule has 0 aromatic carbocycles. The Morgan fingerprint density at radius 2 is 2.00 bits per heavy atom. The number of rotatable bonds is 11. The third kappa shape index (κ3) is 5.55. The van der Waals surface area contributed by atoms with Gasteiger partial charge in [-0.05, 0) is 69.6 Å². The molecule has 0 spiro atoms. The first-order valence-electron chi connectivity index (χ1n) is 14.4. The van der Waals surface area contributed by atoms with E-state index in [1.807, 2.05) is 19.2 Å². The molecule has 12 heteroatoms. The zero-order valence-electron chi connectivity index (χ0n) is 23.5. The van der Waals surface area contributed by atoms with Gasteiger partial charge in [-0.2, -0.15) is 0 Å². The number of carboxylic acids is 1. The molecular weight excluding hydrogens is 545 g/mol. The Hall–Kier alpha value is -4.06. The topological polar surface area (TPSA) is 136 Å². The number of carbonyl (C=O) groups is 2. The number of nitrogens with zero attached hydrogens (tertiary/aromatic N) is 4. The molecule has 3 aliphatic heterocycles. The second kappa shape index (κ2) is 11.3. The molecule has 42 heavy (non-hydrogen) atoms. The first-order chi connectivity index (χ1) is 20.3. The van der Waals surface area contributed by atoms with Crippen LogP contribution in [0.15, 0.2) is 30.5 Å². The zero-order valence-corrected chi connectivity index (χ0v) is 23.5. The van der Waals surface area contributed by atoms with Crippen LogP contribution in [0.25, 0.3) is 11.0 Å². The summed E-state index contributed by atoms with van der Waals surface area (Å²) in [5.41, 5.74) is 1.01. The number of hydrogen-bond donors (Lipinski definition) is 2. The summed E-state index contributed by atoms with van der Waals surface area (Å²) in [4.78, 5) is 38.0. The van der Waals surface area contributed by atoms with E-state index in [-0.39, 0.29) is 30.1 Å². The van der Waals surface area contributed by atoms with Gasteiger partial charge in [-0.1, -0.05) is 0 Å². The van der Waals surface area contributed by atoms with Crippen molar-refractivity contribution in [2.45, 2.75) is 68.9 Å². The average molecular weight is 580 g/mol. The molecule has 4 aliphatic rings. The lowest BCUT2D eigenvalue weighted by molar-refractivity contribution is -0.156. The van der Waals surface area contributed by atoms with Crippen LogP contribution in [-0.4, -0.2) is 69.9 Å². The molecule has 222 valence electrons. The minimum atomic E-state index is -0.833. The number of amides is 1. The number of pyridine rings is 3. The summed E-state index contributed by atoms with van der Waals surface area (Å²) < 4.78 is 32.8. The number of anilines is 2. The van der Waals surface area contributed by atoms with E-state index in [9.17, 15) is 9.59 Å². The number of nitrogens with one attached hydrogen (secondary N) is 1. The van der Waals surface area contributed by atoms with E-state index in [0.29, 0.717) is 72.9 Å². The average Bonchev–Trinajstić information content (AvgIpc) is 3.00. The van der Waals surface area contributed by atoms with Crippen molar-refractivity contribution in [2.24, 2.45) is 0 Å². The maximum absolute atomic E-state index is 15.1. The van der Waals surface area contributed by atoms with Crippen LogP contribution in [0.2, 0.25) is 0 Å². The van der Waals surface area contributed by atoms with Crippen LogP contribution >= 0.6 is 0 Å². The fraction of sp³-hybridized carbons (Fsp3) is 0.500. The highest BCUT2D eigenvalue weighted by molar-refractivity contribution is 5.94. The maximum atomic E-state index is 15.1. The van der Waals surface area contributed by atoms with Gasteiger partial charge in [-0.25, -0.2) is 14.4 Å². The number of likely N-dealkylation sites (N-methyl/N-ethyl adjacent to an activating group) is 1. The van der Waals surface area contributed by atoms with Crippen molar-refractivity contribution in [1.82, 2.24) is 15.0 Å². The molecule has 3 aromatic rings. The first kappa shape index (κ1) is 28.1. The predicted octanol–water partition coefficient (Wildman–Crippen LogP) is 4.28. The number of halogens is 1. The van der Waals surface area contributed by atoms with Gasteiger partial charge in [-0.3, -0.25) is 14.6 Å². The van der Waals surface area contributed by atoms with E-state index in [0.717, 1.165) is 31.5 Å². The number of aromatic nitrogens is 3. The van der Waals surface area contributed by atoms with Crippen molar-refractivity contribution in [1.29, 1.82) is 0 Å². The molecule has 0 atom stereocenters. The van der Waals surface area contributed by atoms with Crippen LogP contribution < -0.4 is 19.7 Å². The summed E-state index contributed by atoms with van der Waals surface area (Å²) in [6.07, 6.45) is 7.03. The summed E-state index contributed by atoms with van der Waals surface area (Å²) >= 11 is 0. The Bertz CT molecular complexity index is 1490. The summed E-state index contributed by atoms with van der Waals surface area (Å²) in [6.45, 7) is 0.854. The highest BCUT2D eigenvalue weighted by Crippen LogP contribution is 2.49. The normalized spacial score (nSPS) is 22.8.